The lowest BCUT2D eigenvalue weighted by molar-refractivity contribution is 0.0996. The molecule has 0 fully saturated rings. The van der Waals surface area contributed by atoms with Gasteiger partial charge >= 0.3 is 0 Å². The molecule has 0 heterocycles. The van der Waals surface area contributed by atoms with Crippen LogP contribution >= 0.6 is 0 Å². The van der Waals surface area contributed by atoms with E-state index in [1.807, 2.05) is 6.07 Å². The largest absolute Gasteiger partial charge is 0.493 e. The van der Waals surface area contributed by atoms with Gasteiger partial charge in [0.05, 0.1) is 37.6 Å². The summed E-state index contributed by atoms with van der Waals surface area (Å²) in [5, 5.41) is 2.82. The molecule has 2 amide bonds. The van der Waals surface area contributed by atoms with Crippen LogP contribution in [0.2, 0.25) is 0 Å². The van der Waals surface area contributed by atoms with Crippen LogP contribution in [0.25, 0.3) is 0 Å². The normalized spacial score (nSPS) is 11.0. The second-order valence-electron chi connectivity index (χ2n) is 7.03. The average molecular weight is 463 g/mol. The van der Waals surface area contributed by atoms with Crippen molar-refractivity contribution in [3.8, 4) is 17.2 Å². The number of amides is 2. The number of carbonyl (C=O) groups excluding carboxylic acids is 2. The van der Waals surface area contributed by atoms with E-state index < -0.39 is 5.91 Å². The molecule has 0 aromatic heterocycles. The fourth-order valence-corrected chi connectivity index (χ4v) is 3.33. The van der Waals surface area contributed by atoms with Crippen molar-refractivity contribution < 1.29 is 23.8 Å². The van der Waals surface area contributed by atoms with Gasteiger partial charge in [0, 0.05) is 11.3 Å². The predicted molar refractivity (Wildman–Crippen MR) is 130 cm³/mol. The summed E-state index contributed by atoms with van der Waals surface area (Å²) in [4.78, 5) is 29.1. The van der Waals surface area contributed by atoms with Crippen LogP contribution in [0.15, 0.2) is 65.7 Å². The van der Waals surface area contributed by atoms with Gasteiger partial charge in [0.15, 0.2) is 11.5 Å². The molecule has 3 aromatic carbocycles. The molecule has 0 spiro atoms. The van der Waals surface area contributed by atoms with Crippen LogP contribution < -0.4 is 31.0 Å². The molecule has 0 atom stereocenters. The predicted octanol–water partition coefficient (Wildman–Crippen LogP) is 3.49. The van der Waals surface area contributed by atoms with Gasteiger partial charge in [-0.05, 0) is 43.3 Å². The van der Waals surface area contributed by atoms with Crippen LogP contribution in [0, 0.1) is 0 Å². The number of hydrogen-bond acceptors (Lipinski definition) is 6. The highest BCUT2D eigenvalue weighted by molar-refractivity contribution is 6.12. The highest BCUT2D eigenvalue weighted by Crippen LogP contribution is 2.42. The molecule has 176 valence electrons. The molecule has 3 aromatic rings. The van der Waals surface area contributed by atoms with Crippen LogP contribution in [-0.2, 0) is 0 Å². The first-order chi connectivity index (χ1) is 16.4. The highest BCUT2D eigenvalue weighted by Gasteiger charge is 2.26. The number of primary amides is 1. The molecule has 9 nitrogen and oxygen atoms in total. The van der Waals surface area contributed by atoms with E-state index >= 15 is 0 Å². The zero-order valence-corrected chi connectivity index (χ0v) is 19.1. The number of carbonyl (C=O) groups is 2. The summed E-state index contributed by atoms with van der Waals surface area (Å²) in [6.45, 7) is 2.12. The van der Waals surface area contributed by atoms with E-state index in [1.165, 1.54) is 20.3 Å². The molecule has 0 aliphatic heterocycles. The number of amidine groups is 1. The summed E-state index contributed by atoms with van der Waals surface area (Å²) >= 11 is 0. The van der Waals surface area contributed by atoms with Crippen molar-refractivity contribution >= 4 is 29.0 Å². The van der Waals surface area contributed by atoms with Gasteiger partial charge in [-0.2, -0.15) is 0 Å². The molecule has 3 rings (SSSR count). The fraction of sp³-hybridized carbons (Fsp3) is 0.160. The molecule has 9 heteroatoms. The minimum Gasteiger partial charge on any atom is -0.493 e. The Morgan fingerprint density at radius 2 is 1.68 bits per heavy atom. The summed E-state index contributed by atoms with van der Waals surface area (Å²) in [5.74, 6) is -0.310. The van der Waals surface area contributed by atoms with Gasteiger partial charge < -0.3 is 31.0 Å². The second kappa shape index (κ2) is 10.9. The average Bonchev–Trinajstić information content (AvgIpc) is 2.84. The Bertz CT molecular complexity index is 1230. The Labute approximate surface area is 197 Å². The summed E-state index contributed by atoms with van der Waals surface area (Å²) in [7, 11) is 2.85. The number of methoxy groups -OCH3 is 2. The third-order valence-electron chi connectivity index (χ3n) is 4.83. The Hall–Kier alpha value is -4.53. The van der Waals surface area contributed by atoms with Crippen molar-refractivity contribution in [3.05, 3.63) is 77.4 Å². The van der Waals surface area contributed by atoms with E-state index in [0.717, 1.165) is 0 Å². The van der Waals surface area contributed by atoms with E-state index in [1.54, 1.807) is 55.5 Å². The van der Waals surface area contributed by atoms with Crippen molar-refractivity contribution in [1.82, 2.24) is 0 Å². The molecular weight excluding hydrogens is 436 g/mol. The van der Waals surface area contributed by atoms with Crippen molar-refractivity contribution in [3.63, 3.8) is 0 Å². The minimum atomic E-state index is -0.739. The third kappa shape index (κ3) is 5.26. The summed E-state index contributed by atoms with van der Waals surface area (Å²) in [6, 6.07) is 17.1. The monoisotopic (exact) mass is 462 g/mol. The first-order valence-corrected chi connectivity index (χ1v) is 10.4. The van der Waals surface area contributed by atoms with E-state index in [4.69, 9.17) is 25.7 Å². The molecule has 0 unspecified atom stereocenters. The van der Waals surface area contributed by atoms with E-state index in [-0.39, 0.29) is 40.1 Å². The standard InChI is InChI=1S/C25H26N4O5/c1-4-34-21-19(32-2)14-18(24(27)30)20(22(21)33-3)23(26)28-16-11-8-12-17(13-16)29-25(31)15-9-6-5-7-10-15/h5-14H,4H2,1-3H3,(H2,26,28)(H2,27,30)(H,29,31). The van der Waals surface area contributed by atoms with Gasteiger partial charge in [-0.3, -0.25) is 9.59 Å². The van der Waals surface area contributed by atoms with Crippen molar-refractivity contribution in [2.75, 3.05) is 26.1 Å². The molecule has 0 saturated heterocycles. The molecule has 0 aliphatic rings. The van der Waals surface area contributed by atoms with Gasteiger partial charge in [-0.25, -0.2) is 4.99 Å². The lowest BCUT2D eigenvalue weighted by Crippen LogP contribution is -2.23. The van der Waals surface area contributed by atoms with Gasteiger partial charge in [0.1, 0.15) is 5.84 Å². The van der Waals surface area contributed by atoms with Gasteiger partial charge in [0.2, 0.25) is 11.7 Å². The third-order valence-corrected chi connectivity index (χ3v) is 4.83. The van der Waals surface area contributed by atoms with Crippen LogP contribution in [0.4, 0.5) is 11.4 Å². The number of aliphatic imine (C=N–C) groups is 1. The zero-order valence-electron chi connectivity index (χ0n) is 19.1. The van der Waals surface area contributed by atoms with E-state index in [9.17, 15) is 9.59 Å². The fourth-order valence-electron chi connectivity index (χ4n) is 3.33. The Morgan fingerprint density at radius 1 is 0.941 bits per heavy atom. The first kappa shape index (κ1) is 24.1. The van der Waals surface area contributed by atoms with E-state index in [0.29, 0.717) is 23.5 Å². The molecule has 0 bridgehead atoms. The SMILES string of the molecule is CCOc1c(OC)cc(C(N)=O)c(C(N)=Nc2cccc(NC(=O)c3ccccc3)c2)c1OC. The number of benzene rings is 3. The summed E-state index contributed by atoms with van der Waals surface area (Å²) < 4.78 is 16.5. The van der Waals surface area contributed by atoms with Crippen LogP contribution in [0.3, 0.4) is 0 Å². The van der Waals surface area contributed by atoms with Crippen molar-refractivity contribution in [2.24, 2.45) is 16.5 Å². The molecule has 0 aliphatic carbocycles. The smallest absolute Gasteiger partial charge is 0.255 e. The number of anilines is 1. The van der Waals surface area contributed by atoms with E-state index in [2.05, 4.69) is 10.3 Å². The van der Waals surface area contributed by atoms with Crippen LogP contribution in [0.1, 0.15) is 33.2 Å². The number of nitrogens with one attached hydrogen (secondary N) is 1. The zero-order chi connectivity index (χ0) is 24.7. The number of hydrogen-bond donors (Lipinski definition) is 3. The number of ether oxygens (including phenoxy) is 3. The number of nitrogens with two attached hydrogens (primary N) is 2. The lowest BCUT2D eigenvalue weighted by Gasteiger charge is -2.19. The highest BCUT2D eigenvalue weighted by atomic mass is 16.5. The molecule has 5 N–H and O–H groups in total. The first-order valence-electron chi connectivity index (χ1n) is 10.4. The van der Waals surface area contributed by atoms with Crippen molar-refractivity contribution in [2.45, 2.75) is 6.92 Å². The maximum Gasteiger partial charge on any atom is 0.255 e. The molecule has 0 radical (unpaired) electrons. The molecular formula is C25H26N4O5. The number of rotatable bonds is 9. The Morgan fingerprint density at radius 3 is 2.29 bits per heavy atom. The van der Waals surface area contributed by atoms with Gasteiger partial charge in [-0.15, -0.1) is 0 Å². The van der Waals surface area contributed by atoms with Crippen LogP contribution in [-0.4, -0.2) is 38.5 Å². The number of nitrogens with zero attached hydrogens (tertiary/aromatic N) is 1. The molecule has 34 heavy (non-hydrogen) atoms. The maximum absolute atomic E-state index is 12.5. The Balaban J connectivity index is 2.03. The van der Waals surface area contributed by atoms with Gasteiger partial charge in [-0.1, -0.05) is 24.3 Å². The minimum absolute atomic E-state index is 0.0270. The topological polar surface area (TPSA) is 138 Å². The van der Waals surface area contributed by atoms with Crippen molar-refractivity contribution in [1.29, 1.82) is 0 Å². The summed E-state index contributed by atoms with van der Waals surface area (Å²) in [6.07, 6.45) is 0. The van der Waals surface area contributed by atoms with Crippen LogP contribution in [0.5, 0.6) is 17.2 Å². The Kier molecular flexibility index (Phi) is 7.71. The quantitative estimate of drug-likeness (QED) is 0.329. The van der Waals surface area contributed by atoms with Gasteiger partial charge in [0.25, 0.3) is 5.91 Å². The summed E-state index contributed by atoms with van der Waals surface area (Å²) in [5.41, 5.74) is 13.6. The second-order valence-corrected chi connectivity index (χ2v) is 7.03. The lowest BCUT2D eigenvalue weighted by atomic mass is 10.0. The maximum atomic E-state index is 12.5. The molecule has 0 saturated carbocycles.